The monoisotopic (exact) mass is 266 g/mol. The Balaban J connectivity index is 2.23. The van der Waals surface area contributed by atoms with Crippen molar-refractivity contribution in [1.29, 1.82) is 0 Å². The summed E-state index contributed by atoms with van der Waals surface area (Å²) in [6.07, 6.45) is -2.67. The lowest BCUT2D eigenvalue weighted by Crippen LogP contribution is -2.33. The molecule has 1 aromatic carbocycles. The van der Waals surface area contributed by atoms with E-state index in [1.807, 2.05) is 0 Å². The first-order valence-electron chi connectivity index (χ1n) is 5.08. The minimum Gasteiger partial charge on any atom is -0.404 e. The second-order valence-electron chi connectivity index (χ2n) is 4.08. The third kappa shape index (κ3) is 2.66. The molecule has 1 N–H and O–H groups in total. The third-order valence-electron chi connectivity index (χ3n) is 2.88. The summed E-state index contributed by atoms with van der Waals surface area (Å²) in [4.78, 5) is 0. The van der Waals surface area contributed by atoms with E-state index in [0.717, 1.165) is 12.5 Å². The highest BCUT2D eigenvalue weighted by atomic mass is 35.5. The van der Waals surface area contributed by atoms with Gasteiger partial charge in [0.15, 0.2) is 0 Å². The number of ether oxygens (including phenoxy) is 1. The van der Waals surface area contributed by atoms with Gasteiger partial charge in [-0.15, -0.1) is 13.2 Å². The highest BCUT2D eigenvalue weighted by Gasteiger charge is 2.37. The lowest BCUT2D eigenvalue weighted by molar-refractivity contribution is -0.274. The summed E-state index contributed by atoms with van der Waals surface area (Å²) in [5.74, 6) is -0.453. The van der Waals surface area contributed by atoms with Crippen LogP contribution in [-0.2, 0) is 5.60 Å². The van der Waals surface area contributed by atoms with E-state index in [1.54, 1.807) is 0 Å². The molecule has 2 rings (SSSR count). The molecule has 0 aliphatic heterocycles. The SMILES string of the molecule is OC1(c2ccc(OC(F)(F)F)c(Cl)c2)CCC1. The third-order valence-corrected chi connectivity index (χ3v) is 3.17. The maximum atomic E-state index is 12.0. The van der Waals surface area contributed by atoms with E-state index < -0.39 is 17.7 Å². The predicted octanol–water partition coefficient (Wildman–Crippen LogP) is 3.61. The summed E-state index contributed by atoms with van der Waals surface area (Å²) >= 11 is 5.69. The first kappa shape index (κ1) is 12.5. The van der Waals surface area contributed by atoms with Gasteiger partial charge in [-0.1, -0.05) is 17.7 Å². The predicted molar refractivity (Wildman–Crippen MR) is 55.9 cm³/mol. The number of benzene rings is 1. The molecule has 1 aliphatic rings. The van der Waals surface area contributed by atoms with Crippen LogP contribution in [-0.4, -0.2) is 11.5 Å². The molecule has 0 atom stereocenters. The highest BCUT2D eigenvalue weighted by molar-refractivity contribution is 6.32. The topological polar surface area (TPSA) is 29.5 Å². The van der Waals surface area contributed by atoms with E-state index in [0.29, 0.717) is 18.4 Å². The first-order chi connectivity index (χ1) is 7.80. The van der Waals surface area contributed by atoms with Gasteiger partial charge in [-0.05, 0) is 37.0 Å². The quantitative estimate of drug-likeness (QED) is 0.886. The number of rotatable bonds is 2. The smallest absolute Gasteiger partial charge is 0.404 e. The van der Waals surface area contributed by atoms with E-state index in [1.165, 1.54) is 12.1 Å². The molecule has 94 valence electrons. The Kier molecular flexibility index (Phi) is 2.99. The second-order valence-corrected chi connectivity index (χ2v) is 4.49. The molecule has 0 amide bonds. The van der Waals surface area contributed by atoms with Crippen molar-refractivity contribution in [2.75, 3.05) is 0 Å². The minimum absolute atomic E-state index is 0.153. The Hall–Kier alpha value is -0.940. The van der Waals surface area contributed by atoms with E-state index in [2.05, 4.69) is 4.74 Å². The second kappa shape index (κ2) is 4.07. The molecule has 0 heterocycles. The molecule has 0 bridgehead atoms. The van der Waals surface area contributed by atoms with Gasteiger partial charge in [-0.2, -0.15) is 0 Å². The summed E-state index contributed by atoms with van der Waals surface area (Å²) in [5.41, 5.74) is -0.413. The van der Waals surface area contributed by atoms with Crippen LogP contribution in [0.2, 0.25) is 5.02 Å². The number of aliphatic hydroxyl groups is 1. The summed E-state index contributed by atoms with van der Waals surface area (Å²) in [7, 11) is 0. The van der Waals surface area contributed by atoms with Gasteiger partial charge in [0.2, 0.25) is 0 Å². The van der Waals surface area contributed by atoms with Gasteiger partial charge >= 0.3 is 6.36 Å². The van der Waals surface area contributed by atoms with Crippen molar-refractivity contribution in [2.45, 2.75) is 31.2 Å². The van der Waals surface area contributed by atoms with E-state index in [4.69, 9.17) is 11.6 Å². The van der Waals surface area contributed by atoms with Crippen LogP contribution in [0.25, 0.3) is 0 Å². The lowest BCUT2D eigenvalue weighted by Gasteiger charge is -2.37. The van der Waals surface area contributed by atoms with Crippen LogP contribution in [0.3, 0.4) is 0 Å². The van der Waals surface area contributed by atoms with Crippen molar-refractivity contribution in [3.05, 3.63) is 28.8 Å². The van der Waals surface area contributed by atoms with Crippen molar-refractivity contribution < 1.29 is 23.0 Å². The first-order valence-corrected chi connectivity index (χ1v) is 5.46. The molecule has 0 radical (unpaired) electrons. The summed E-state index contributed by atoms with van der Waals surface area (Å²) < 4.78 is 39.7. The molecule has 1 aromatic rings. The van der Waals surface area contributed by atoms with Gasteiger partial charge in [0.25, 0.3) is 0 Å². The maximum Gasteiger partial charge on any atom is 0.573 e. The Morgan fingerprint density at radius 2 is 1.94 bits per heavy atom. The Bertz CT molecular complexity index is 427. The van der Waals surface area contributed by atoms with Gasteiger partial charge < -0.3 is 9.84 Å². The largest absolute Gasteiger partial charge is 0.573 e. The van der Waals surface area contributed by atoms with Crippen LogP contribution in [0.1, 0.15) is 24.8 Å². The van der Waals surface area contributed by atoms with Crippen LogP contribution in [0.5, 0.6) is 5.75 Å². The normalized spacial score (nSPS) is 18.6. The molecule has 2 nitrogen and oxygen atoms in total. The summed E-state index contributed by atoms with van der Waals surface area (Å²) in [5, 5.41) is 9.85. The molecule has 0 saturated heterocycles. The average Bonchev–Trinajstić information content (AvgIpc) is 2.15. The van der Waals surface area contributed by atoms with Crippen molar-refractivity contribution in [2.24, 2.45) is 0 Å². The Morgan fingerprint density at radius 1 is 1.29 bits per heavy atom. The number of hydrogen-bond donors (Lipinski definition) is 1. The van der Waals surface area contributed by atoms with E-state index >= 15 is 0 Å². The standard InChI is InChI=1S/C11H10ClF3O2/c12-8-6-7(10(16)4-1-5-10)2-3-9(8)17-11(13,14)15/h2-3,6,16H,1,4-5H2. The van der Waals surface area contributed by atoms with Crippen LogP contribution in [0.15, 0.2) is 18.2 Å². The molecule has 1 fully saturated rings. The molecular weight excluding hydrogens is 257 g/mol. The molecule has 0 spiro atoms. The lowest BCUT2D eigenvalue weighted by atomic mass is 9.75. The zero-order chi connectivity index (χ0) is 12.7. The average molecular weight is 267 g/mol. The van der Waals surface area contributed by atoms with Crippen molar-refractivity contribution >= 4 is 11.6 Å². The number of alkyl halides is 3. The molecule has 17 heavy (non-hydrogen) atoms. The fourth-order valence-corrected chi connectivity index (χ4v) is 2.02. The highest BCUT2D eigenvalue weighted by Crippen LogP contribution is 2.43. The molecular formula is C11H10ClF3O2. The number of hydrogen-bond acceptors (Lipinski definition) is 2. The fraction of sp³-hybridized carbons (Fsp3) is 0.455. The Labute approximate surface area is 101 Å². The molecule has 0 unspecified atom stereocenters. The zero-order valence-electron chi connectivity index (χ0n) is 8.72. The van der Waals surface area contributed by atoms with Crippen LogP contribution < -0.4 is 4.74 Å². The van der Waals surface area contributed by atoms with E-state index in [-0.39, 0.29) is 5.02 Å². The Morgan fingerprint density at radius 3 is 2.35 bits per heavy atom. The van der Waals surface area contributed by atoms with Gasteiger partial charge in [0, 0.05) is 0 Å². The van der Waals surface area contributed by atoms with Crippen LogP contribution in [0, 0.1) is 0 Å². The summed E-state index contributed by atoms with van der Waals surface area (Å²) in [6, 6.07) is 3.86. The maximum absolute atomic E-state index is 12.0. The van der Waals surface area contributed by atoms with E-state index in [9.17, 15) is 18.3 Å². The van der Waals surface area contributed by atoms with Gasteiger partial charge in [-0.25, -0.2) is 0 Å². The summed E-state index contributed by atoms with van der Waals surface area (Å²) in [6.45, 7) is 0. The zero-order valence-corrected chi connectivity index (χ0v) is 9.48. The van der Waals surface area contributed by atoms with Crippen molar-refractivity contribution in [1.82, 2.24) is 0 Å². The van der Waals surface area contributed by atoms with Gasteiger partial charge in [0.1, 0.15) is 5.75 Å². The fourth-order valence-electron chi connectivity index (χ4n) is 1.80. The molecule has 6 heteroatoms. The van der Waals surface area contributed by atoms with Crippen molar-refractivity contribution in [3.8, 4) is 5.75 Å². The van der Waals surface area contributed by atoms with Crippen molar-refractivity contribution in [3.63, 3.8) is 0 Å². The van der Waals surface area contributed by atoms with Gasteiger partial charge in [0.05, 0.1) is 10.6 Å². The van der Waals surface area contributed by atoms with Gasteiger partial charge in [-0.3, -0.25) is 0 Å². The molecule has 1 saturated carbocycles. The van der Waals surface area contributed by atoms with Crippen LogP contribution >= 0.6 is 11.6 Å². The van der Waals surface area contributed by atoms with Crippen LogP contribution in [0.4, 0.5) is 13.2 Å². The number of halogens is 4. The minimum atomic E-state index is -4.77. The molecule has 0 aromatic heterocycles. The molecule has 1 aliphatic carbocycles.